The highest BCUT2D eigenvalue weighted by Crippen LogP contribution is 2.24. The van der Waals surface area contributed by atoms with Crippen LogP contribution in [0.4, 0.5) is 5.69 Å². The fraction of sp³-hybridized carbons (Fsp3) is 0.273. The minimum absolute atomic E-state index is 0. The Morgan fingerprint density at radius 3 is 2.74 bits per heavy atom. The summed E-state index contributed by atoms with van der Waals surface area (Å²) in [5.74, 6) is -0.139. The Bertz CT molecular complexity index is 498. The van der Waals surface area contributed by atoms with Gasteiger partial charge in [0.2, 0.25) is 5.91 Å². The van der Waals surface area contributed by atoms with Crippen molar-refractivity contribution in [2.45, 2.75) is 0 Å². The van der Waals surface area contributed by atoms with Crippen molar-refractivity contribution in [1.29, 1.82) is 0 Å². The molecule has 1 aromatic rings. The molecule has 1 aliphatic rings. The molecular formula is C11H12Cl3N3OS. The molecule has 0 radical (unpaired) electrons. The van der Waals surface area contributed by atoms with Crippen LogP contribution in [0.15, 0.2) is 18.2 Å². The molecule has 8 heteroatoms. The molecule has 1 amide bonds. The highest BCUT2D eigenvalue weighted by molar-refractivity contribution is 7.80. The van der Waals surface area contributed by atoms with Crippen LogP contribution in [-0.4, -0.2) is 35.6 Å². The third-order valence-electron chi connectivity index (χ3n) is 2.48. The molecule has 1 fully saturated rings. The van der Waals surface area contributed by atoms with Gasteiger partial charge in [-0.05, 0) is 30.4 Å². The summed E-state index contributed by atoms with van der Waals surface area (Å²) < 4.78 is 0. The highest BCUT2D eigenvalue weighted by Gasteiger charge is 2.18. The van der Waals surface area contributed by atoms with E-state index in [2.05, 4.69) is 10.6 Å². The quantitative estimate of drug-likeness (QED) is 0.830. The zero-order chi connectivity index (χ0) is 13.1. The minimum atomic E-state index is -0.139. The Morgan fingerprint density at radius 1 is 1.42 bits per heavy atom. The fourth-order valence-corrected chi connectivity index (χ4v) is 2.17. The van der Waals surface area contributed by atoms with Gasteiger partial charge in [0.05, 0.1) is 16.6 Å². The molecule has 1 heterocycles. The first-order valence-electron chi connectivity index (χ1n) is 5.34. The summed E-state index contributed by atoms with van der Waals surface area (Å²) >= 11 is 16.7. The molecule has 0 aromatic heterocycles. The van der Waals surface area contributed by atoms with Crippen molar-refractivity contribution >= 4 is 64.5 Å². The van der Waals surface area contributed by atoms with E-state index in [-0.39, 0.29) is 24.9 Å². The lowest BCUT2D eigenvalue weighted by Gasteiger charge is -2.15. The molecule has 0 unspecified atom stereocenters. The third-order valence-corrected chi connectivity index (χ3v) is 3.62. The van der Waals surface area contributed by atoms with Gasteiger partial charge in [0.15, 0.2) is 5.11 Å². The van der Waals surface area contributed by atoms with E-state index in [1.807, 2.05) is 4.90 Å². The maximum Gasteiger partial charge on any atom is 0.243 e. The largest absolute Gasteiger partial charge is 0.361 e. The van der Waals surface area contributed by atoms with Crippen LogP contribution in [0.25, 0.3) is 0 Å². The fourth-order valence-electron chi connectivity index (χ4n) is 1.61. The molecule has 0 bridgehead atoms. The Balaban J connectivity index is 0.00000180. The second kappa shape index (κ2) is 7.14. The maximum absolute atomic E-state index is 11.8. The molecule has 104 valence electrons. The van der Waals surface area contributed by atoms with Crippen LogP contribution >= 0.6 is 47.8 Å². The number of amides is 1. The van der Waals surface area contributed by atoms with Gasteiger partial charge in [-0.15, -0.1) is 12.4 Å². The summed E-state index contributed by atoms with van der Waals surface area (Å²) in [6.45, 7) is 1.75. The van der Waals surface area contributed by atoms with E-state index >= 15 is 0 Å². The van der Waals surface area contributed by atoms with Crippen molar-refractivity contribution in [3.63, 3.8) is 0 Å². The number of nitrogens with one attached hydrogen (secondary N) is 2. The van der Waals surface area contributed by atoms with Crippen LogP contribution in [0.1, 0.15) is 0 Å². The number of thiocarbonyl (C=S) groups is 1. The molecule has 0 atom stereocenters. The van der Waals surface area contributed by atoms with Gasteiger partial charge in [-0.25, -0.2) is 0 Å². The van der Waals surface area contributed by atoms with E-state index in [1.54, 1.807) is 18.2 Å². The number of nitrogens with zero attached hydrogens (tertiary/aromatic N) is 1. The monoisotopic (exact) mass is 339 g/mol. The predicted molar refractivity (Wildman–Crippen MR) is 84.5 cm³/mol. The molecule has 1 saturated heterocycles. The molecule has 0 saturated carbocycles. The van der Waals surface area contributed by atoms with Gasteiger partial charge in [-0.3, -0.25) is 4.79 Å². The zero-order valence-electron chi connectivity index (χ0n) is 9.78. The van der Waals surface area contributed by atoms with Crippen molar-refractivity contribution < 1.29 is 4.79 Å². The van der Waals surface area contributed by atoms with Crippen LogP contribution in [0.2, 0.25) is 10.0 Å². The number of carbonyl (C=O) groups is 1. The Morgan fingerprint density at radius 2 is 2.16 bits per heavy atom. The van der Waals surface area contributed by atoms with Crippen LogP contribution in [0.5, 0.6) is 0 Å². The number of hydrogen-bond donors (Lipinski definition) is 2. The number of halogens is 3. The average Bonchev–Trinajstić information content (AvgIpc) is 2.70. The van der Waals surface area contributed by atoms with Crippen molar-refractivity contribution in [2.75, 3.05) is 25.0 Å². The normalized spacial score (nSPS) is 13.8. The molecule has 0 spiro atoms. The lowest BCUT2D eigenvalue weighted by molar-refractivity contribution is -0.116. The van der Waals surface area contributed by atoms with Crippen molar-refractivity contribution in [2.24, 2.45) is 0 Å². The van der Waals surface area contributed by atoms with Gasteiger partial charge in [-0.1, -0.05) is 23.2 Å². The summed E-state index contributed by atoms with van der Waals surface area (Å²) in [6.07, 6.45) is 0. The van der Waals surface area contributed by atoms with E-state index in [4.69, 9.17) is 35.4 Å². The Hall–Kier alpha value is -0.750. The van der Waals surface area contributed by atoms with Crippen molar-refractivity contribution in [3.05, 3.63) is 28.2 Å². The maximum atomic E-state index is 11.8. The Kier molecular flexibility index (Phi) is 6.13. The molecule has 2 rings (SSSR count). The first-order chi connectivity index (χ1) is 8.56. The van der Waals surface area contributed by atoms with Crippen molar-refractivity contribution in [1.82, 2.24) is 10.2 Å². The number of hydrogen-bond acceptors (Lipinski definition) is 2. The average molecular weight is 341 g/mol. The number of rotatable bonds is 3. The Labute approximate surface area is 132 Å². The topological polar surface area (TPSA) is 44.4 Å². The lowest BCUT2D eigenvalue weighted by Crippen LogP contribution is -2.35. The first-order valence-corrected chi connectivity index (χ1v) is 6.50. The van der Waals surface area contributed by atoms with E-state index in [0.717, 1.165) is 13.1 Å². The molecule has 4 nitrogen and oxygen atoms in total. The lowest BCUT2D eigenvalue weighted by atomic mass is 10.3. The van der Waals surface area contributed by atoms with Gasteiger partial charge in [0.1, 0.15) is 0 Å². The predicted octanol–water partition coefficient (Wildman–Crippen LogP) is 2.54. The second-order valence-electron chi connectivity index (χ2n) is 3.83. The van der Waals surface area contributed by atoms with Gasteiger partial charge in [0, 0.05) is 18.8 Å². The highest BCUT2D eigenvalue weighted by atomic mass is 35.5. The summed E-state index contributed by atoms with van der Waals surface area (Å²) in [4.78, 5) is 13.6. The van der Waals surface area contributed by atoms with E-state index in [1.165, 1.54) is 0 Å². The van der Waals surface area contributed by atoms with Crippen LogP contribution in [0, 0.1) is 0 Å². The van der Waals surface area contributed by atoms with Crippen LogP contribution in [-0.2, 0) is 4.79 Å². The van der Waals surface area contributed by atoms with E-state index in [9.17, 15) is 4.79 Å². The SMILES string of the molecule is Cl.O=C(CN1CCNC1=S)Nc1ccc(Cl)c(Cl)c1. The first kappa shape index (κ1) is 16.3. The summed E-state index contributed by atoms with van der Waals surface area (Å²) in [5, 5.41) is 7.22. The number of anilines is 1. The minimum Gasteiger partial charge on any atom is -0.361 e. The summed E-state index contributed by atoms with van der Waals surface area (Å²) in [6, 6.07) is 4.95. The smallest absolute Gasteiger partial charge is 0.243 e. The molecular weight excluding hydrogens is 329 g/mol. The van der Waals surface area contributed by atoms with E-state index < -0.39 is 0 Å². The van der Waals surface area contributed by atoms with Gasteiger partial charge >= 0.3 is 0 Å². The zero-order valence-corrected chi connectivity index (χ0v) is 12.9. The molecule has 0 aliphatic carbocycles. The summed E-state index contributed by atoms with van der Waals surface area (Å²) in [5.41, 5.74) is 0.618. The third kappa shape index (κ3) is 4.38. The van der Waals surface area contributed by atoms with Crippen molar-refractivity contribution in [3.8, 4) is 0 Å². The van der Waals surface area contributed by atoms with E-state index in [0.29, 0.717) is 20.8 Å². The van der Waals surface area contributed by atoms with Gasteiger partial charge in [0.25, 0.3) is 0 Å². The molecule has 19 heavy (non-hydrogen) atoms. The number of carbonyl (C=O) groups excluding carboxylic acids is 1. The van der Waals surface area contributed by atoms with Crippen LogP contribution in [0.3, 0.4) is 0 Å². The molecule has 1 aliphatic heterocycles. The van der Waals surface area contributed by atoms with Crippen LogP contribution < -0.4 is 10.6 Å². The van der Waals surface area contributed by atoms with Gasteiger partial charge < -0.3 is 15.5 Å². The standard InChI is InChI=1S/C11H11Cl2N3OS.ClH/c12-8-2-1-7(5-9(8)13)15-10(17)6-16-4-3-14-11(16)18;/h1-2,5H,3-4,6H2,(H,14,18)(H,15,17);1H. The molecule has 2 N–H and O–H groups in total. The molecule has 1 aromatic carbocycles. The number of benzene rings is 1. The van der Waals surface area contributed by atoms with Gasteiger partial charge in [-0.2, -0.15) is 0 Å². The second-order valence-corrected chi connectivity index (χ2v) is 5.03. The summed E-state index contributed by atoms with van der Waals surface area (Å²) in [7, 11) is 0.